The Morgan fingerprint density at radius 2 is 1.74 bits per heavy atom. The van der Waals surface area contributed by atoms with Gasteiger partial charge in [0.1, 0.15) is 11.4 Å². The molecule has 0 saturated heterocycles. The number of alkyl halides is 3. The molecule has 1 amide bonds. The molecule has 0 atom stereocenters. The number of aromatic nitrogens is 2. The second-order valence-corrected chi connectivity index (χ2v) is 11.6. The Bertz CT molecular complexity index is 1590. The third-order valence-corrected chi connectivity index (χ3v) is 8.07. The Balaban J connectivity index is 1.76. The zero-order valence-corrected chi connectivity index (χ0v) is 23.0. The number of nitrogens with zero attached hydrogens (tertiary/aromatic N) is 3. The van der Waals surface area contributed by atoms with E-state index >= 15 is 0 Å². The van der Waals surface area contributed by atoms with Crippen molar-refractivity contribution in [3.05, 3.63) is 71.7 Å². The molecule has 7 nitrogen and oxygen atoms in total. The molecule has 0 fully saturated rings. The quantitative estimate of drug-likeness (QED) is 0.246. The van der Waals surface area contributed by atoms with Crippen molar-refractivity contribution in [2.45, 2.75) is 24.9 Å². The minimum absolute atomic E-state index is 0.141. The Kier molecular flexibility index (Phi) is 8.17. The third kappa shape index (κ3) is 6.34. The number of hydrogen-bond acceptors (Lipinski definition) is 6. The van der Waals surface area contributed by atoms with Gasteiger partial charge in [0.25, 0.3) is 5.91 Å². The van der Waals surface area contributed by atoms with Gasteiger partial charge in [-0.2, -0.15) is 18.3 Å². The lowest BCUT2D eigenvalue weighted by molar-refractivity contribution is -0.141. The Hall–Kier alpha value is -3.64. The molecule has 0 aliphatic heterocycles. The van der Waals surface area contributed by atoms with Gasteiger partial charge in [-0.3, -0.25) is 4.79 Å². The van der Waals surface area contributed by atoms with Crippen LogP contribution in [0.1, 0.15) is 19.5 Å². The first-order valence-corrected chi connectivity index (χ1v) is 14.8. The van der Waals surface area contributed by atoms with Crippen molar-refractivity contribution < 1.29 is 31.1 Å². The molecule has 4 rings (SSSR count). The van der Waals surface area contributed by atoms with Crippen LogP contribution in [0.3, 0.4) is 0 Å². The third-order valence-electron chi connectivity index (χ3n) is 6.01. The highest BCUT2D eigenvalue weighted by Gasteiger charge is 2.36. The molecule has 2 aromatic heterocycles. The summed E-state index contributed by atoms with van der Waals surface area (Å²) in [6, 6.07) is 15.4. The summed E-state index contributed by atoms with van der Waals surface area (Å²) in [6.45, 7) is 4.42. The number of sulfone groups is 1. The minimum atomic E-state index is -4.70. The summed E-state index contributed by atoms with van der Waals surface area (Å²) in [7, 11) is -3.44. The molecular weight excluding hydrogens is 551 g/mol. The zero-order valence-electron chi connectivity index (χ0n) is 21.4. The molecule has 0 aliphatic carbocycles. The lowest BCUT2D eigenvalue weighted by Gasteiger charge is -2.19. The van der Waals surface area contributed by atoms with Gasteiger partial charge in [0.2, 0.25) is 0 Å². The number of likely N-dealkylation sites (N-methyl/N-ethyl adjacent to an activating group) is 1. The molecule has 0 aliphatic rings. The number of hydrogen-bond donors (Lipinski definition) is 0. The summed E-state index contributed by atoms with van der Waals surface area (Å²) in [6.07, 6.45) is -3.59. The second kappa shape index (κ2) is 11.2. The van der Waals surface area contributed by atoms with Crippen LogP contribution >= 0.6 is 11.3 Å². The van der Waals surface area contributed by atoms with Crippen LogP contribution in [0.2, 0.25) is 0 Å². The number of para-hydroxylation sites is 2. The molecule has 39 heavy (non-hydrogen) atoms. The van der Waals surface area contributed by atoms with Crippen LogP contribution in [0, 0.1) is 0 Å². The normalized spacial score (nSPS) is 11.9. The van der Waals surface area contributed by atoms with Gasteiger partial charge in [-0.25, -0.2) is 13.1 Å². The van der Waals surface area contributed by atoms with Gasteiger partial charge in [0, 0.05) is 19.3 Å². The summed E-state index contributed by atoms with van der Waals surface area (Å²) in [4.78, 5) is 14.7. The number of halogens is 3. The fourth-order valence-corrected chi connectivity index (χ4v) is 5.55. The number of carbonyl (C=O) groups is 1. The topological polar surface area (TPSA) is 81.5 Å². The van der Waals surface area contributed by atoms with Crippen LogP contribution in [0.4, 0.5) is 13.2 Å². The molecule has 2 aromatic carbocycles. The summed E-state index contributed by atoms with van der Waals surface area (Å²) in [5.41, 5.74) is 0.589. The van der Waals surface area contributed by atoms with E-state index in [-0.39, 0.29) is 34.5 Å². The van der Waals surface area contributed by atoms with Crippen LogP contribution in [-0.4, -0.2) is 55.0 Å². The van der Waals surface area contributed by atoms with Crippen molar-refractivity contribution in [2.24, 2.45) is 0 Å². The van der Waals surface area contributed by atoms with Gasteiger partial charge in [0.15, 0.2) is 22.1 Å². The molecular formula is C27H26F3N3O4S2. The first-order valence-electron chi connectivity index (χ1n) is 12.0. The lowest BCUT2D eigenvalue weighted by Crippen LogP contribution is -2.34. The highest BCUT2D eigenvalue weighted by molar-refractivity contribution is 7.90. The average molecular weight is 578 g/mol. The first-order chi connectivity index (χ1) is 18.4. The fourth-order valence-electron chi connectivity index (χ4n) is 3.97. The van der Waals surface area contributed by atoms with E-state index in [1.54, 1.807) is 52.7 Å². The Morgan fingerprint density at radius 1 is 1.03 bits per heavy atom. The fraction of sp³-hybridized carbons (Fsp3) is 0.259. The predicted octanol–water partition coefficient (Wildman–Crippen LogP) is 5.94. The van der Waals surface area contributed by atoms with Crippen LogP contribution in [-0.2, 0) is 20.8 Å². The van der Waals surface area contributed by atoms with E-state index in [9.17, 15) is 26.4 Å². The van der Waals surface area contributed by atoms with Crippen LogP contribution in [0.25, 0.3) is 27.4 Å². The van der Waals surface area contributed by atoms with Crippen LogP contribution < -0.4 is 4.74 Å². The Morgan fingerprint density at radius 3 is 2.41 bits per heavy atom. The molecule has 0 N–H and O–H groups in total. The highest BCUT2D eigenvalue weighted by atomic mass is 32.2. The van der Waals surface area contributed by atoms with Crippen LogP contribution in [0.5, 0.6) is 5.75 Å². The van der Waals surface area contributed by atoms with Crippen molar-refractivity contribution in [3.63, 3.8) is 0 Å². The number of amides is 1. The van der Waals surface area contributed by atoms with E-state index in [1.807, 2.05) is 13.8 Å². The van der Waals surface area contributed by atoms with Gasteiger partial charge < -0.3 is 9.64 Å². The molecule has 0 spiro atoms. The van der Waals surface area contributed by atoms with Crippen molar-refractivity contribution in [3.8, 4) is 33.1 Å². The SMILES string of the molecule is CCN(CC)C(=O)COc1ccccc1-n1nc(C(F)(F)F)cc1-c1cc(-c2cccc(S(C)(=O)=O)c2)cs1. The molecule has 0 saturated carbocycles. The van der Waals surface area contributed by atoms with E-state index in [2.05, 4.69) is 5.10 Å². The van der Waals surface area contributed by atoms with E-state index < -0.39 is 21.7 Å². The maximum absolute atomic E-state index is 13.7. The van der Waals surface area contributed by atoms with Crippen molar-refractivity contribution >= 4 is 27.1 Å². The molecule has 0 radical (unpaired) electrons. The summed E-state index contributed by atoms with van der Waals surface area (Å²) < 4.78 is 72.1. The van der Waals surface area contributed by atoms with E-state index in [1.165, 1.54) is 23.5 Å². The standard InChI is InChI=1S/C27H26F3N3O4S2/c1-4-32(5-2)26(34)16-37-23-12-7-6-11-21(23)33-22(15-25(31-33)27(28,29)30)24-14-19(17-38-24)18-9-8-10-20(13-18)39(3,35)36/h6-15,17H,4-5,16H2,1-3H3. The molecule has 2 heterocycles. The van der Waals surface area contributed by atoms with Gasteiger partial charge in [0.05, 0.1) is 15.5 Å². The molecule has 0 unspecified atom stereocenters. The van der Waals surface area contributed by atoms with Crippen molar-refractivity contribution in [1.82, 2.24) is 14.7 Å². The number of carbonyl (C=O) groups excluding carboxylic acids is 1. The number of thiophene rings is 1. The number of ether oxygens (including phenoxy) is 1. The highest BCUT2D eigenvalue weighted by Crippen LogP contribution is 2.39. The van der Waals surface area contributed by atoms with Crippen LogP contribution in [0.15, 0.2) is 70.9 Å². The summed E-state index contributed by atoms with van der Waals surface area (Å²) in [5.74, 6) is -0.0422. The second-order valence-electron chi connectivity index (χ2n) is 8.65. The maximum atomic E-state index is 13.7. The summed E-state index contributed by atoms with van der Waals surface area (Å²) in [5, 5.41) is 5.60. The largest absolute Gasteiger partial charge is 0.482 e. The predicted molar refractivity (Wildman–Crippen MR) is 144 cm³/mol. The maximum Gasteiger partial charge on any atom is 0.435 e. The molecule has 12 heteroatoms. The summed E-state index contributed by atoms with van der Waals surface area (Å²) >= 11 is 1.20. The van der Waals surface area contributed by atoms with Crippen molar-refractivity contribution in [2.75, 3.05) is 26.0 Å². The zero-order chi connectivity index (χ0) is 28.4. The molecule has 0 bridgehead atoms. The van der Waals surface area contributed by atoms with Crippen molar-refractivity contribution in [1.29, 1.82) is 0 Å². The van der Waals surface area contributed by atoms with Gasteiger partial charge in [-0.05, 0) is 66.8 Å². The Labute approximate surface area is 228 Å². The number of benzene rings is 2. The molecule has 206 valence electrons. The smallest absolute Gasteiger partial charge is 0.435 e. The van der Waals surface area contributed by atoms with E-state index in [0.717, 1.165) is 17.0 Å². The van der Waals surface area contributed by atoms with Gasteiger partial charge in [-0.15, -0.1) is 11.3 Å². The van der Waals surface area contributed by atoms with E-state index in [0.29, 0.717) is 29.1 Å². The minimum Gasteiger partial charge on any atom is -0.482 e. The van der Waals surface area contributed by atoms with Gasteiger partial charge >= 0.3 is 6.18 Å². The average Bonchev–Trinajstić information content (AvgIpc) is 3.56. The monoisotopic (exact) mass is 577 g/mol. The number of rotatable bonds is 9. The lowest BCUT2D eigenvalue weighted by atomic mass is 10.1. The molecule has 4 aromatic rings. The van der Waals surface area contributed by atoms with E-state index in [4.69, 9.17) is 4.74 Å². The first kappa shape index (κ1) is 28.4. The van der Waals surface area contributed by atoms with Gasteiger partial charge in [-0.1, -0.05) is 24.3 Å².